The quantitative estimate of drug-likeness (QED) is 0.156. The van der Waals surface area contributed by atoms with E-state index in [9.17, 15) is 4.79 Å². The maximum absolute atomic E-state index is 11.4. The van der Waals surface area contributed by atoms with Crippen LogP contribution in [0.2, 0.25) is 0 Å². The van der Waals surface area contributed by atoms with Crippen molar-refractivity contribution < 1.29 is 14.3 Å². The van der Waals surface area contributed by atoms with Crippen molar-refractivity contribution >= 4 is 40.9 Å². The molecule has 0 bridgehead atoms. The van der Waals surface area contributed by atoms with Crippen LogP contribution in [0.3, 0.4) is 0 Å². The number of carbonyl (C=O) groups excluding carboxylic acids is 1. The molecule has 0 amide bonds. The van der Waals surface area contributed by atoms with Crippen LogP contribution in [-0.4, -0.2) is 27.7 Å². The first-order valence-electron chi connectivity index (χ1n) is 10.8. The molecule has 35 heavy (non-hydrogen) atoms. The number of rotatable bonds is 10. The number of nitrogens with one attached hydrogen (secondary N) is 3. The van der Waals surface area contributed by atoms with Gasteiger partial charge in [-0.25, -0.2) is 4.79 Å². The van der Waals surface area contributed by atoms with Gasteiger partial charge in [-0.15, -0.1) is 0 Å². The number of ether oxygens (including phenoxy) is 2. The van der Waals surface area contributed by atoms with Crippen LogP contribution in [-0.2, 0) is 9.53 Å². The number of nitrogens with zero attached hydrogens (tertiary/aromatic N) is 3. The molecular weight excluding hydrogens is 444 g/mol. The van der Waals surface area contributed by atoms with Crippen LogP contribution >= 0.6 is 0 Å². The molecule has 3 N–H and O–H groups in total. The molecule has 0 atom stereocenters. The average Bonchev–Trinajstić information content (AvgIpc) is 2.86. The Kier molecular flexibility index (Phi) is 7.49. The summed E-state index contributed by atoms with van der Waals surface area (Å²) in [5.41, 5.74) is 2.75. The van der Waals surface area contributed by atoms with Crippen LogP contribution in [0.1, 0.15) is 6.92 Å². The van der Waals surface area contributed by atoms with Crippen molar-refractivity contribution in [1.82, 2.24) is 15.0 Å². The zero-order chi connectivity index (χ0) is 24.5. The first kappa shape index (κ1) is 23.2. The molecular formula is C26H24N6O3. The maximum atomic E-state index is 11.4. The van der Waals surface area contributed by atoms with Gasteiger partial charge in [0.25, 0.3) is 0 Å². The van der Waals surface area contributed by atoms with E-state index in [1.54, 1.807) is 31.2 Å². The average molecular weight is 469 g/mol. The molecule has 1 aromatic heterocycles. The topological polar surface area (TPSA) is 110 Å². The fourth-order valence-electron chi connectivity index (χ4n) is 2.88. The highest BCUT2D eigenvalue weighted by Crippen LogP contribution is 2.22. The number of carbonyl (C=O) groups is 1. The number of aromatic nitrogens is 3. The molecule has 9 heteroatoms. The van der Waals surface area contributed by atoms with Crippen LogP contribution < -0.4 is 20.7 Å². The molecule has 0 saturated heterocycles. The molecule has 0 unspecified atom stereocenters. The number of hydrogen-bond donors (Lipinski definition) is 3. The van der Waals surface area contributed by atoms with Crippen LogP contribution in [0, 0.1) is 0 Å². The third-order valence-corrected chi connectivity index (χ3v) is 4.57. The molecule has 4 rings (SSSR count). The lowest BCUT2D eigenvalue weighted by Crippen LogP contribution is -2.10. The van der Waals surface area contributed by atoms with Crippen LogP contribution in [0.25, 0.3) is 0 Å². The Morgan fingerprint density at radius 2 is 1.14 bits per heavy atom. The van der Waals surface area contributed by atoms with Crippen molar-refractivity contribution in [1.29, 1.82) is 0 Å². The van der Waals surface area contributed by atoms with E-state index in [1.165, 1.54) is 0 Å². The van der Waals surface area contributed by atoms with Crippen LogP contribution in [0.15, 0.2) is 97.1 Å². The van der Waals surface area contributed by atoms with Gasteiger partial charge in [-0.05, 0) is 55.5 Å². The van der Waals surface area contributed by atoms with E-state index in [1.807, 2.05) is 60.7 Å². The lowest BCUT2D eigenvalue weighted by molar-refractivity contribution is -0.145. The van der Waals surface area contributed by atoms with E-state index < -0.39 is 5.97 Å². The van der Waals surface area contributed by atoms with Gasteiger partial charge in [-0.1, -0.05) is 43.0 Å². The normalized spacial score (nSPS) is 10.2. The smallest absolute Gasteiger partial charge is 0.335 e. The second-order valence-corrected chi connectivity index (χ2v) is 7.41. The zero-order valence-electron chi connectivity index (χ0n) is 19.1. The Labute approximate surface area is 202 Å². The lowest BCUT2D eigenvalue weighted by Gasteiger charge is -2.12. The second kappa shape index (κ2) is 11.3. The third kappa shape index (κ3) is 7.03. The molecule has 4 aromatic rings. The highest BCUT2D eigenvalue weighted by molar-refractivity contribution is 5.86. The summed E-state index contributed by atoms with van der Waals surface area (Å²) in [6.45, 7) is 4.90. The standard InChI is InChI=1S/C26H24N6O3/c1-18(2)23(33)35-17-34-22-15-13-21(14-16-22)29-26-31-24(27-19-9-5-3-6-10-19)30-25(32-26)28-20-11-7-4-8-12-20/h3-16H,1,17H2,2H3,(H3,27,28,29,30,31,32). The minimum absolute atomic E-state index is 0.199. The molecule has 0 aliphatic carbocycles. The zero-order valence-corrected chi connectivity index (χ0v) is 19.1. The van der Waals surface area contributed by atoms with Gasteiger partial charge in [-0.3, -0.25) is 0 Å². The molecule has 0 saturated carbocycles. The van der Waals surface area contributed by atoms with Gasteiger partial charge in [0.05, 0.1) is 0 Å². The Morgan fingerprint density at radius 1 is 0.714 bits per heavy atom. The largest absolute Gasteiger partial charge is 0.457 e. The van der Waals surface area contributed by atoms with Gasteiger partial charge in [-0.2, -0.15) is 15.0 Å². The third-order valence-electron chi connectivity index (χ3n) is 4.57. The molecule has 0 aliphatic rings. The van der Waals surface area contributed by atoms with Crippen molar-refractivity contribution in [2.24, 2.45) is 0 Å². The van der Waals surface area contributed by atoms with Gasteiger partial charge in [0, 0.05) is 22.6 Å². The first-order chi connectivity index (χ1) is 17.0. The van der Waals surface area contributed by atoms with E-state index in [4.69, 9.17) is 9.47 Å². The van der Waals surface area contributed by atoms with Gasteiger partial charge in [0.15, 0.2) is 0 Å². The molecule has 3 aromatic carbocycles. The molecule has 0 fully saturated rings. The van der Waals surface area contributed by atoms with Crippen LogP contribution in [0.4, 0.5) is 34.9 Å². The Balaban J connectivity index is 1.48. The number of benzene rings is 3. The van der Waals surface area contributed by atoms with Gasteiger partial charge in [0.2, 0.25) is 24.6 Å². The number of hydrogen-bond acceptors (Lipinski definition) is 9. The summed E-state index contributed by atoms with van der Waals surface area (Å²) in [6.07, 6.45) is 0. The lowest BCUT2D eigenvalue weighted by atomic mass is 10.3. The summed E-state index contributed by atoms with van der Waals surface area (Å²) in [5, 5.41) is 9.57. The van der Waals surface area contributed by atoms with E-state index in [0.29, 0.717) is 29.2 Å². The second-order valence-electron chi connectivity index (χ2n) is 7.41. The van der Waals surface area contributed by atoms with E-state index in [-0.39, 0.29) is 6.79 Å². The molecule has 1 heterocycles. The Bertz CT molecular complexity index is 1220. The Morgan fingerprint density at radius 3 is 1.57 bits per heavy atom. The number of anilines is 6. The monoisotopic (exact) mass is 468 g/mol. The summed E-state index contributed by atoms with van der Waals surface area (Å²) in [5.74, 6) is 1.15. The van der Waals surface area contributed by atoms with Crippen molar-refractivity contribution in [3.63, 3.8) is 0 Å². The number of para-hydroxylation sites is 2. The first-order valence-corrected chi connectivity index (χ1v) is 10.8. The molecule has 9 nitrogen and oxygen atoms in total. The van der Waals surface area contributed by atoms with Crippen molar-refractivity contribution in [2.75, 3.05) is 22.7 Å². The fraction of sp³-hybridized carbons (Fsp3) is 0.0769. The van der Waals surface area contributed by atoms with Gasteiger partial charge in [0.1, 0.15) is 5.75 Å². The summed E-state index contributed by atoms with van der Waals surface area (Å²) in [7, 11) is 0. The van der Waals surface area contributed by atoms with Gasteiger partial charge < -0.3 is 25.4 Å². The minimum Gasteiger partial charge on any atom is -0.457 e. The van der Waals surface area contributed by atoms with Gasteiger partial charge >= 0.3 is 5.97 Å². The number of esters is 1. The van der Waals surface area contributed by atoms with E-state index in [0.717, 1.165) is 17.1 Å². The summed E-state index contributed by atoms with van der Waals surface area (Å²) in [4.78, 5) is 24.9. The van der Waals surface area contributed by atoms with E-state index >= 15 is 0 Å². The molecule has 0 spiro atoms. The highest BCUT2D eigenvalue weighted by Gasteiger charge is 2.09. The van der Waals surface area contributed by atoms with Crippen LogP contribution in [0.5, 0.6) is 5.75 Å². The summed E-state index contributed by atoms with van der Waals surface area (Å²) in [6, 6.07) is 26.4. The molecule has 176 valence electrons. The predicted octanol–water partition coefficient (Wildman–Crippen LogP) is 5.56. The van der Waals surface area contributed by atoms with Crippen molar-refractivity contribution in [3.05, 3.63) is 97.1 Å². The molecule has 0 radical (unpaired) electrons. The predicted molar refractivity (Wildman–Crippen MR) is 135 cm³/mol. The summed E-state index contributed by atoms with van der Waals surface area (Å²) < 4.78 is 10.4. The molecule has 0 aliphatic heterocycles. The van der Waals surface area contributed by atoms with Crippen molar-refractivity contribution in [2.45, 2.75) is 6.92 Å². The minimum atomic E-state index is -0.502. The highest BCUT2D eigenvalue weighted by atomic mass is 16.7. The fourth-order valence-corrected chi connectivity index (χ4v) is 2.88. The Hall–Kier alpha value is -4.92. The SMILES string of the molecule is C=C(C)C(=O)OCOc1ccc(Nc2nc(Nc3ccccc3)nc(Nc3ccccc3)n2)cc1. The summed E-state index contributed by atoms with van der Waals surface area (Å²) >= 11 is 0. The van der Waals surface area contributed by atoms with Crippen molar-refractivity contribution in [3.8, 4) is 5.75 Å². The van der Waals surface area contributed by atoms with E-state index in [2.05, 4.69) is 37.5 Å². The maximum Gasteiger partial charge on any atom is 0.335 e.